The van der Waals surface area contributed by atoms with E-state index in [1.165, 1.54) is 6.33 Å². The molecule has 1 heterocycles. The van der Waals surface area contributed by atoms with Crippen LogP contribution in [0.2, 0.25) is 0 Å². The number of hydrogen-bond donors (Lipinski definition) is 0. The van der Waals surface area contributed by atoms with E-state index in [2.05, 4.69) is 27.0 Å². The molecule has 88 valence electrons. The van der Waals surface area contributed by atoms with Crippen molar-refractivity contribution in [3.05, 3.63) is 36.8 Å². The van der Waals surface area contributed by atoms with E-state index in [4.69, 9.17) is 4.74 Å². The molecule has 0 aliphatic heterocycles. The zero-order valence-corrected chi connectivity index (χ0v) is 10.2. The van der Waals surface area contributed by atoms with E-state index >= 15 is 0 Å². The minimum Gasteiger partial charge on any atom is -0.480 e. The summed E-state index contributed by atoms with van der Waals surface area (Å²) in [6.07, 6.45) is 3.24. The third-order valence-corrected chi connectivity index (χ3v) is 2.56. The summed E-state index contributed by atoms with van der Waals surface area (Å²) >= 11 is 0. The van der Waals surface area contributed by atoms with Crippen LogP contribution in [0.3, 0.4) is 0 Å². The van der Waals surface area contributed by atoms with Crippen molar-refractivity contribution in [3.8, 4) is 17.0 Å². The Labute approximate surface area is 101 Å². The van der Waals surface area contributed by atoms with Crippen LogP contribution >= 0.6 is 0 Å². The van der Waals surface area contributed by atoms with Gasteiger partial charge in [0, 0.05) is 26.0 Å². The monoisotopic (exact) mass is 229 g/mol. The maximum atomic E-state index is 5.22. The molecule has 1 aromatic carbocycles. The fourth-order valence-electron chi connectivity index (χ4n) is 1.62. The molecule has 0 saturated carbocycles. The van der Waals surface area contributed by atoms with Gasteiger partial charge in [-0.25, -0.2) is 9.97 Å². The van der Waals surface area contributed by atoms with Crippen LogP contribution in [0.4, 0.5) is 5.69 Å². The fourth-order valence-corrected chi connectivity index (χ4v) is 1.62. The zero-order valence-electron chi connectivity index (χ0n) is 10.2. The number of hydrogen-bond acceptors (Lipinski definition) is 4. The van der Waals surface area contributed by atoms with Gasteiger partial charge in [-0.05, 0) is 17.7 Å². The molecule has 0 aliphatic carbocycles. The van der Waals surface area contributed by atoms with Crippen LogP contribution in [0.1, 0.15) is 0 Å². The van der Waals surface area contributed by atoms with E-state index < -0.39 is 0 Å². The van der Waals surface area contributed by atoms with Crippen LogP contribution in [0.15, 0.2) is 36.8 Å². The number of ether oxygens (including phenoxy) is 1. The number of rotatable bonds is 3. The molecule has 0 spiro atoms. The lowest BCUT2D eigenvalue weighted by molar-refractivity contribution is 0.398. The van der Waals surface area contributed by atoms with Crippen LogP contribution in [0.25, 0.3) is 11.1 Å². The molecule has 1 aromatic heterocycles. The summed E-state index contributed by atoms with van der Waals surface area (Å²) in [7, 11) is 5.64. The average molecular weight is 229 g/mol. The number of methoxy groups -OCH3 is 1. The lowest BCUT2D eigenvalue weighted by Crippen LogP contribution is -2.07. The average Bonchev–Trinajstić information content (AvgIpc) is 2.39. The summed E-state index contributed by atoms with van der Waals surface area (Å²) in [5, 5.41) is 0. The summed E-state index contributed by atoms with van der Waals surface area (Å²) in [4.78, 5) is 10.2. The Morgan fingerprint density at radius 1 is 1.12 bits per heavy atom. The highest BCUT2D eigenvalue weighted by molar-refractivity contribution is 5.69. The van der Waals surface area contributed by atoms with Gasteiger partial charge >= 0.3 is 0 Å². The molecular formula is C13H15N3O. The first-order valence-corrected chi connectivity index (χ1v) is 5.34. The lowest BCUT2D eigenvalue weighted by Gasteiger charge is -2.13. The van der Waals surface area contributed by atoms with Gasteiger partial charge in [0.2, 0.25) is 5.88 Å². The third-order valence-electron chi connectivity index (χ3n) is 2.56. The Balaban J connectivity index is 2.40. The Morgan fingerprint density at radius 2 is 1.82 bits per heavy atom. The zero-order chi connectivity index (χ0) is 12.3. The molecule has 0 saturated heterocycles. The normalized spacial score (nSPS) is 10.1. The Morgan fingerprint density at radius 3 is 2.41 bits per heavy atom. The molecule has 0 atom stereocenters. The topological polar surface area (TPSA) is 38.3 Å². The van der Waals surface area contributed by atoms with Crippen molar-refractivity contribution in [2.24, 2.45) is 0 Å². The van der Waals surface area contributed by atoms with Gasteiger partial charge < -0.3 is 9.64 Å². The lowest BCUT2D eigenvalue weighted by atomic mass is 10.1. The van der Waals surface area contributed by atoms with Gasteiger partial charge in [0.25, 0.3) is 0 Å². The highest BCUT2D eigenvalue weighted by Crippen LogP contribution is 2.27. The number of aromatic nitrogens is 2. The van der Waals surface area contributed by atoms with E-state index in [1.807, 2.05) is 26.2 Å². The summed E-state index contributed by atoms with van der Waals surface area (Å²) in [5.74, 6) is 0.595. The van der Waals surface area contributed by atoms with Crippen LogP contribution in [-0.4, -0.2) is 31.2 Å². The number of nitrogens with zero attached hydrogens (tertiary/aromatic N) is 3. The Kier molecular flexibility index (Phi) is 3.23. The molecule has 0 bridgehead atoms. The fraction of sp³-hybridized carbons (Fsp3) is 0.231. The molecule has 2 rings (SSSR count). The molecule has 17 heavy (non-hydrogen) atoms. The van der Waals surface area contributed by atoms with Gasteiger partial charge in [-0.2, -0.15) is 0 Å². The van der Waals surface area contributed by atoms with Crippen molar-refractivity contribution in [2.75, 3.05) is 26.1 Å². The van der Waals surface area contributed by atoms with E-state index in [-0.39, 0.29) is 0 Å². The Hall–Kier alpha value is -2.10. The van der Waals surface area contributed by atoms with Gasteiger partial charge in [0.05, 0.1) is 12.7 Å². The highest BCUT2D eigenvalue weighted by atomic mass is 16.5. The third kappa shape index (κ3) is 2.36. The van der Waals surface area contributed by atoms with E-state index in [1.54, 1.807) is 13.3 Å². The molecule has 0 aliphatic rings. The molecule has 2 aromatic rings. The molecule has 0 amide bonds. The first-order chi connectivity index (χ1) is 8.22. The van der Waals surface area contributed by atoms with E-state index in [0.717, 1.165) is 16.8 Å². The summed E-state index contributed by atoms with van der Waals surface area (Å²) in [6.45, 7) is 0. The van der Waals surface area contributed by atoms with Crippen molar-refractivity contribution in [3.63, 3.8) is 0 Å². The minimum absolute atomic E-state index is 0.595. The number of benzene rings is 1. The van der Waals surface area contributed by atoms with Crippen molar-refractivity contribution >= 4 is 5.69 Å². The molecule has 0 unspecified atom stereocenters. The SMILES string of the molecule is COc1ncncc1-c1ccc(N(C)C)cc1. The van der Waals surface area contributed by atoms with E-state index in [9.17, 15) is 0 Å². The van der Waals surface area contributed by atoms with Gasteiger partial charge in [0.15, 0.2) is 0 Å². The summed E-state index contributed by atoms with van der Waals surface area (Å²) in [6, 6.07) is 8.19. The smallest absolute Gasteiger partial charge is 0.224 e. The van der Waals surface area contributed by atoms with Crippen LogP contribution < -0.4 is 9.64 Å². The maximum Gasteiger partial charge on any atom is 0.224 e. The maximum absolute atomic E-state index is 5.22. The van der Waals surface area contributed by atoms with Crippen molar-refractivity contribution in [1.82, 2.24) is 9.97 Å². The molecule has 0 N–H and O–H groups in total. The van der Waals surface area contributed by atoms with Crippen LogP contribution in [-0.2, 0) is 0 Å². The second-order valence-electron chi connectivity index (χ2n) is 3.89. The van der Waals surface area contributed by atoms with Crippen LogP contribution in [0.5, 0.6) is 5.88 Å². The van der Waals surface area contributed by atoms with Crippen molar-refractivity contribution in [1.29, 1.82) is 0 Å². The Bertz CT molecular complexity index is 494. The number of anilines is 1. The quantitative estimate of drug-likeness (QED) is 0.809. The summed E-state index contributed by atoms with van der Waals surface area (Å²) in [5.41, 5.74) is 3.11. The first kappa shape index (κ1) is 11.4. The highest BCUT2D eigenvalue weighted by Gasteiger charge is 2.06. The molecular weight excluding hydrogens is 214 g/mol. The minimum atomic E-state index is 0.595. The van der Waals surface area contributed by atoms with Gasteiger partial charge in [-0.15, -0.1) is 0 Å². The molecule has 0 radical (unpaired) electrons. The molecule has 4 heteroatoms. The largest absolute Gasteiger partial charge is 0.480 e. The van der Waals surface area contributed by atoms with Crippen molar-refractivity contribution < 1.29 is 4.74 Å². The predicted octanol–water partition coefficient (Wildman–Crippen LogP) is 2.22. The standard InChI is InChI=1S/C13H15N3O/c1-16(2)11-6-4-10(5-7-11)12-8-14-9-15-13(12)17-3/h4-9H,1-3H3. The van der Waals surface area contributed by atoms with Crippen molar-refractivity contribution in [2.45, 2.75) is 0 Å². The predicted molar refractivity (Wildman–Crippen MR) is 68.3 cm³/mol. The van der Waals surface area contributed by atoms with Crippen LogP contribution in [0, 0.1) is 0 Å². The molecule has 0 fully saturated rings. The second-order valence-corrected chi connectivity index (χ2v) is 3.89. The molecule has 4 nitrogen and oxygen atoms in total. The van der Waals surface area contributed by atoms with E-state index in [0.29, 0.717) is 5.88 Å². The second kappa shape index (κ2) is 4.82. The first-order valence-electron chi connectivity index (χ1n) is 5.34. The van der Waals surface area contributed by atoms with Gasteiger partial charge in [-0.3, -0.25) is 0 Å². The van der Waals surface area contributed by atoms with Gasteiger partial charge in [0.1, 0.15) is 6.33 Å². The summed E-state index contributed by atoms with van der Waals surface area (Å²) < 4.78 is 5.22. The van der Waals surface area contributed by atoms with Gasteiger partial charge in [-0.1, -0.05) is 12.1 Å².